The summed E-state index contributed by atoms with van der Waals surface area (Å²) in [5.41, 5.74) is 5.65. The van der Waals surface area contributed by atoms with Crippen molar-refractivity contribution in [1.29, 1.82) is 0 Å². The molecule has 0 fully saturated rings. The van der Waals surface area contributed by atoms with E-state index in [1.165, 1.54) is 5.43 Å². The molecule has 48 heavy (non-hydrogen) atoms. The quantitative estimate of drug-likeness (QED) is 0.0841. The molecule has 0 radical (unpaired) electrons. The molecule has 1 amide bonds. The molecule has 0 aromatic carbocycles. The molecule has 3 N–H and O–H groups in total. The number of aromatic nitrogens is 10. The van der Waals surface area contributed by atoms with Crippen LogP contribution >= 0.6 is 98.4 Å². The first kappa shape index (κ1) is 51.9. The number of fused-ring (bicyclic) bond motifs is 1. The Kier molecular flexibility index (Phi) is 27.6. The number of nitrogens with two attached hydrogens (primary N) is 1. The molecule has 0 aliphatic rings. The standard InChI is InChI=1S/C11H10F2N6.C9H10N4.C3H6F2N2O.2CH4.I3.I2.HI/c1-11(12,13)10-16-15-9-4-3-8(17-19(9)10)7-5-14-18(2)6-7;1-7-3-4-9(12-11-7)8-5-10-13(2)6-8;1-3(4,5)2(8)7-6;;;1-3-2;1-2;/h3-6H,1-2H3;3-6H,1-2H3;6H2,1H3,(H,7,8);2*1H4;;;1H/q;;;;;-1;;. The molecular weight excluding hydrogens is 1320 g/mol. The fourth-order valence-corrected chi connectivity index (χ4v) is 3.00. The van der Waals surface area contributed by atoms with E-state index in [4.69, 9.17) is 0 Å². The summed E-state index contributed by atoms with van der Waals surface area (Å²) in [6, 6.07) is 7.17. The minimum absolute atomic E-state index is 0. The second-order valence-corrected chi connectivity index (χ2v) is 24.9. The third-order valence-electron chi connectivity index (χ3n) is 4.98. The maximum absolute atomic E-state index is 13.4. The van der Waals surface area contributed by atoms with Crippen molar-refractivity contribution in [2.75, 3.05) is 0 Å². The molecular formula is C25H35F4I6N12O-. The van der Waals surface area contributed by atoms with Crippen LogP contribution in [0.1, 0.15) is 40.2 Å². The Labute approximate surface area is 346 Å². The first-order valence-electron chi connectivity index (χ1n) is 11.9. The van der Waals surface area contributed by atoms with Gasteiger partial charge in [0.25, 0.3) is 0 Å². The number of halogens is 10. The second-order valence-electron chi connectivity index (χ2n) is 8.68. The van der Waals surface area contributed by atoms with Gasteiger partial charge >= 0.3 is 68.2 Å². The van der Waals surface area contributed by atoms with E-state index in [1.54, 1.807) is 47.1 Å². The van der Waals surface area contributed by atoms with Crippen LogP contribution in [0.3, 0.4) is 0 Å². The zero-order valence-corrected chi connectivity index (χ0v) is 37.5. The van der Waals surface area contributed by atoms with Gasteiger partial charge in [0, 0.05) is 88.7 Å². The van der Waals surface area contributed by atoms with Gasteiger partial charge in [-0.15, -0.1) is 34.2 Å². The molecule has 0 aliphatic carbocycles. The number of hydrogen-bond acceptors (Lipinski definition) is 9. The summed E-state index contributed by atoms with van der Waals surface area (Å²) < 4.78 is 54.4. The fourth-order valence-electron chi connectivity index (χ4n) is 3.00. The van der Waals surface area contributed by atoms with Gasteiger partial charge < -0.3 is 0 Å². The van der Waals surface area contributed by atoms with E-state index in [9.17, 15) is 22.4 Å². The molecule has 0 saturated carbocycles. The average molecular weight is 1360 g/mol. The van der Waals surface area contributed by atoms with Gasteiger partial charge in [-0.25, -0.2) is 5.84 Å². The van der Waals surface area contributed by atoms with Crippen molar-refractivity contribution >= 4 is 110 Å². The minimum atomic E-state index is -3.37. The summed E-state index contributed by atoms with van der Waals surface area (Å²) in [4.78, 5) is 9.85. The summed E-state index contributed by atoms with van der Waals surface area (Å²) >= 11 is 9.54. The van der Waals surface area contributed by atoms with Crippen molar-refractivity contribution < 1.29 is 35.6 Å². The van der Waals surface area contributed by atoms with Gasteiger partial charge in [0.2, 0.25) is 5.82 Å². The number of nitrogens with zero attached hydrogens (tertiary/aromatic N) is 10. The first-order chi connectivity index (χ1) is 21.1. The topological polar surface area (TPSA) is 160 Å². The Morgan fingerprint density at radius 1 is 0.854 bits per heavy atom. The van der Waals surface area contributed by atoms with Crippen molar-refractivity contribution in [2.24, 2.45) is 19.9 Å². The summed E-state index contributed by atoms with van der Waals surface area (Å²) in [6.07, 6.45) is 7.06. The van der Waals surface area contributed by atoms with Crippen molar-refractivity contribution in [3.8, 4) is 22.5 Å². The molecule has 0 bridgehead atoms. The van der Waals surface area contributed by atoms with Gasteiger partial charge in [0.1, 0.15) is 0 Å². The molecule has 5 heterocycles. The summed E-state index contributed by atoms with van der Waals surface area (Å²) in [7, 11) is 3.65. The summed E-state index contributed by atoms with van der Waals surface area (Å²) in [5, 5.41) is 27.4. The molecule has 5 aromatic heterocycles. The van der Waals surface area contributed by atoms with E-state index in [1.807, 2.05) is 32.3 Å². The number of hydrazine groups is 1. The van der Waals surface area contributed by atoms with E-state index >= 15 is 0 Å². The van der Waals surface area contributed by atoms with Crippen LogP contribution in [-0.2, 0) is 24.8 Å². The van der Waals surface area contributed by atoms with E-state index in [0.29, 0.717) is 25.9 Å². The van der Waals surface area contributed by atoms with E-state index in [0.717, 1.165) is 34.0 Å². The average Bonchev–Trinajstić information content (AvgIpc) is 3.74. The molecule has 5 rings (SSSR count). The summed E-state index contributed by atoms with van der Waals surface area (Å²) in [5.74, 6) is -4.04. The van der Waals surface area contributed by atoms with Crippen LogP contribution in [0.4, 0.5) is 17.6 Å². The van der Waals surface area contributed by atoms with Gasteiger partial charge in [-0.2, -0.15) is 47.6 Å². The van der Waals surface area contributed by atoms with Crippen LogP contribution in [0.25, 0.3) is 28.2 Å². The van der Waals surface area contributed by atoms with Gasteiger partial charge in [-0.1, -0.05) is 14.9 Å². The Morgan fingerprint density at radius 3 is 1.69 bits per heavy atom. The number of alkyl halides is 4. The van der Waals surface area contributed by atoms with Crippen LogP contribution in [0, 0.1) is 6.92 Å². The van der Waals surface area contributed by atoms with Crippen molar-refractivity contribution in [1.82, 2.24) is 55.0 Å². The molecule has 23 heteroatoms. The van der Waals surface area contributed by atoms with Gasteiger partial charge in [0.05, 0.1) is 29.5 Å². The van der Waals surface area contributed by atoms with E-state index < -0.39 is 23.6 Å². The SMILES string of the molecule is C.C.CC(F)(F)C(=O)NN.Cc1ccc(-c2cnn(C)c2)nn1.Cn1cc(-c2ccc3nnc(C(C)(F)F)n3n2)cn1.I.II.I[I-]I. The number of aryl methyl sites for hydroxylation is 3. The van der Waals surface area contributed by atoms with E-state index in [2.05, 4.69) is 116 Å². The number of rotatable bonds is 4. The number of amides is 1. The molecule has 0 atom stereocenters. The monoisotopic (exact) mass is 1360 g/mol. The molecule has 5 aromatic rings. The molecule has 13 nitrogen and oxygen atoms in total. The predicted octanol–water partition coefficient (Wildman–Crippen LogP) is 4.89. The van der Waals surface area contributed by atoms with Crippen molar-refractivity contribution in [3.63, 3.8) is 0 Å². The van der Waals surface area contributed by atoms with Crippen LogP contribution in [0.2, 0.25) is 0 Å². The van der Waals surface area contributed by atoms with Gasteiger partial charge in [0.15, 0.2) is 5.65 Å². The molecule has 272 valence electrons. The number of carbonyl (C=O) groups excluding carboxylic acids is 1. The Morgan fingerprint density at radius 2 is 1.33 bits per heavy atom. The Hall–Kier alpha value is -0.420. The Bertz CT molecular complexity index is 1610. The number of hydrogen-bond donors (Lipinski definition) is 2. The second kappa shape index (κ2) is 25.5. The first-order valence-corrected chi connectivity index (χ1v) is 30.8. The van der Waals surface area contributed by atoms with Crippen molar-refractivity contribution in [2.45, 2.75) is 47.5 Å². The number of carbonyl (C=O) groups is 1. The summed E-state index contributed by atoms with van der Waals surface area (Å²) in [6.45, 7) is 3.15. The third-order valence-corrected chi connectivity index (χ3v) is 4.98. The zero-order valence-electron chi connectivity index (χ0n) is 24.4. The number of nitrogens with one attached hydrogen (secondary N) is 1. The van der Waals surface area contributed by atoms with Gasteiger partial charge in [-0.3, -0.25) is 19.6 Å². The van der Waals surface area contributed by atoms with Crippen LogP contribution in [-0.4, -0.2) is 61.4 Å². The molecule has 0 aliphatic heterocycles. The van der Waals surface area contributed by atoms with Gasteiger partial charge in [-0.05, 0) is 31.2 Å². The van der Waals surface area contributed by atoms with Crippen LogP contribution in [0.15, 0.2) is 49.1 Å². The van der Waals surface area contributed by atoms with E-state index in [-0.39, 0.29) is 44.5 Å². The Balaban J connectivity index is -0.000000614. The van der Waals surface area contributed by atoms with Crippen LogP contribution in [0.5, 0.6) is 0 Å². The maximum atomic E-state index is 13.4. The predicted molar refractivity (Wildman–Crippen MR) is 219 cm³/mol. The van der Waals surface area contributed by atoms with Crippen molar-refractivity contribution in [3.05, 3.63) is 60.6 Å². The normalized spacial score (nSPS) is 10.0. The fraction of sp³-hybridized carbons (Fsp3) is 0.360. The zero-order chi connectivity index (χ0) is 34.4. The molecule has 0 spiro atoms. The molecule has 0 unspecified atom stereocenters. The van der Waals surface area contributed by atoms with Crippen LogP contribution < -0.4 is 24.5 Å². The molecule has 0 saturated heterocycles. The third kappa shape index (κ3) is 17.7.